The van der Waals surface area contributed by atoms with Crippen LogP contribution in [0.4, 0.5) is 17.1 Å². The fourth-order valence-corrected chi connectivity index (χ4v) is 9.06. The standard InChI is InChI=1S/C43H26N2OS2/c1-3-10-27(11-4-1)28-18-20-30(21-19-28)45(31-22-23-39-33(24-31)32-14-7-8-16-38(32)47-39)36-15-9-17-40-42(36)34-25-37-35(26-41(34)48-40)44-43(46-37)29-12-5-2-6-13-29/h1-26H. The van der Waals surface area contributed by atoms with Gasteiger partial charge in [0.05, 0.1) is 5.69 Å². The minimum atomic E-state index is 0.643. The Kier molecular flexibility index (Phi) is 6.22. The summed E-state index contributed by atoms with van der Waals surface area (Å²) in [5, 5.41) is 4.94. The van der Waals surface area contributed by atoms with Crippen molar-refractivity contribution in [3.05, 3.63) is 158 Å². The quantitative estimate of drug-likeness (QED) is 0.186. The summed E-state index contributed by atoms with van der Waals surface area (Å²) in [6, 6.07) is 56.2. The van der Waals surface area contributed by atoms with E-state index in [0.717, 1.165) is 33.7 Å². The highest BCUT2D eigenvalue weighted by Gasteiger charge is 2.21. The molecular weight excluding hydrogens is 625 g/mol. The maximum atomic E-state index is 6.37. The van der Waals surface area contributed by atoms with Crippen LogP contribution in [0, 0.1) is 0 Å². The van der Waals surface area contributed by atoms with Gasteiger partial charge in [-0.2, -0.15) is 0 Å². The molecule has 0 radical (unpaired) electrons. The first-order valence-corrected chi connectivity index (χ1v) is 17.6. The number of anilines is 3. The summed E-state index contributed by atoms with van der Waals surface area (Å²) in [6.45, 7) is 0. The number of oxazole rings is 1. The van der Waals surface area contributed by atoms with E-state index in [0.29, 0.717) is 5.89 Å². The first kappa shape index (κ1) is 27.4. The van der Waals surface area contributed by atoms with Crippen molar-refractivity contribution in [2.45, 2.75) is 0 Å². The lowest BCUT2D eigenvalue weighted by Gasteiger charge is -2.27. The molecule has 0 aliphatic carbocycles. The van der Waals surface area contributed by atoms with Crippen molar-refractivity contribution < 1.29 is 4.42 Å². The van der Waals surface area contributed by atoms with Gasteiger partial charge in [0.2, 0.25) is 5.89 Å². The Hall–Kier alpha value is -5.75. The first-order chi connectivity index (χ1) is 23.8. The van der Waals surface area contributed by atoms with Crippen molar-refractivity contribution in [2.75, 3.05) is 4.90 Å². The molecule has 0 aliphatic heterocycles. The van der Waals surface area contributed by atoms with E-state index in [9.17, 15) is 0 Å². The summed E-state index contributed by atoms with van der Waals surface area (Å²) in [7, 11) is 0. The van der Waals surface area contributed by atoms with Gasteiger partial charge in [-0.05, 0) is 83.9 Å². The molecule has 0 amide bonds. The number of nitrogens with zero attached hydrogens (tertiary/aromatic N) is 2. The molecule has 0 fully saturated rings. The third-order valence-electron chi connectivity index (χ3n) is 9.10. The maximum Gasteiger partial charge on any atom is 0.227 e. The molecule has 226 valence electrons. The van der Waals surface area contributed by atoms with Crippen LogP contribution in [-0.2, 0) is 0 Å². The van der Waals surface area contributed by atoms with E-state index >= 15 is 0 Å². The maximum absolute atomic E-state index is 6.37. The Morgan fingerprint density at radius 1 is 0.458 bits per heavy atom. The Labute approximate surface area is 284 Å². The van der Waals surface area contributed by atoms with Crippen LogP contribution in [0.15, 0.2) is 162 Å². The molecule has 5 heteroatoms. The highest BCUT2D eigenvalue weighted by Crippen LogP contribution is 2.47. The molecule has 0 saturated carbocycles. The normalized spacial score (nSPS) is 11.8. The molecule has 3 heterocycles. The lowest BCUT2D eigenvalue weighted by atomic mass is 10.0. The molecule has 0 bridgehead atoms. The van der Waals surface area contributed by atoms with Gasteiger partial charge in [-0.3, -0.25) is 0 Å². The van der Waals surface area contributed by atoms with Crippen molar-refractivity contribution in [3.63, 3.8) is 0 Å². The van der Waals surface area contributed by atoms with Crippen LogP contribution in [0.5, 0.6) is 0 Å². The summed E-state index contributed by atoms with van der Waals surface area (Å²) in [5.74, 6) is 0.643. The van der Waals surface area contributed by atoms with Gasteiger partial charge in [0.15, 0.2) is 5.58 Å². The number of benzene rings is 7. The van der Waals surface area contributed by atoms with Gasteiger partial charge in [0, 0.05) is 57.3 Å². The van der Waals surface area contributed by atoms with Crippen molar-refractivity contribution in [3.8, 4) is 22.6 Å². The number of rotatable bonds is 5. The molecule has 0 aliphatic rings. The van der Waals surface area contributed by atoms with Crippen LogP contribution >= 0.6 is 22.7 Å². The third-order valence-corrected chi connectivity index (χ3v) is 11.4. The Balaban J connectivity index is 1.20. The van der Waals surface area contributed by atoms with Crippen LogP contribution in [0.25, 0.3) is 74.0 Å². The first-order valence-electron chi connectivity index (χ1n) is 15.9. The monoisotopic (exact) mass is 650 g/mol. The number of aromatic nitrogens is 1. The lowest BCUT2D eigenvalue weighted by molar-refractivity contribution is 0.620. The van der Waals surface area contributed by atoms with E-state index in [2.05, 4.69) is 132 Å². The van der Waals surface area contributed by atoms with Gasteiger partial charge < -0.3 is 9.32 Å². The number of hydrogen-bond acceptors (Lipinski definition) is 5. The second-order valence-corrected chi connectivity index (χ2v) is 14.1. The zero-order valence-corrected chi connectivity index (χ0v) is 27.3. The van der Waals surface area contributed by atoms with Gasteiger partial charge in [-0.15, -0.1) is 22.7 Å². The zero-order chi connectivity index (χ0) is 31.6. The van der Waals surface area contributed by atoms with Gasteiger partial charge in [0.1, 0.15) is 5.52 Å². The second kappa shape index (κ2) is 10.9. The van der Waals surface area contributed by atoms with Crippen molar-refractivity contribution >= 4 is 91.2 Å². The molecule has 10 aromatic rings. The molecule has 0 spiro atoms. The minimum absolute atomic E-state index is 0.643. The van der Waals surface area contributed by atoms with E-state index in [1.165, 1.54) is 51.5 Å². The third kappa shape index (κ3) is 4.43. The molecule has 0 atom stereocenters. The minimum Gasteiger partial charge on any atom is -0.436 e. The summed E-state index contributed by atoms with van der Waals surface area (Å²) < 4.78 is 11.4. The highest BCUT2D eigenvalue weighted by molar-refractivity contribution is 7.26. The van der Waals surface area contributed by atoms with E-state index in [1.54, 1.807) is 11.3 Å². The van der Waals surface area contributed by atoms with Crippen LogP contribution in [0.2, 0.25) is 0 Å². The average Bonchev–Trinajstić information content (AvgIpc) is 3.85. The molecule has 0 N–H and O–H groups in total. The van der Waals surface area contributed by atoms with E-state index < -0.39 is 0 Å². The van der Waals surface area contributed by atoms with E-state index in [-0.39, 0.29) is 0 Å². The summed E-state index contributed by atoms with van der Waals surface area (Å²) in [5.41, 5.74) is 8.40. The van der Waals surface area contributed by atoms with Crippen LogP contribution in [0.1, 0.15) is 0 Å². The van der Waals surface area contributed by atoms with Gasteiger partial charge in [0.25, 0.3) is 0 Å². The summed E-state index contributed by atoms with van der Waals surface area (Å²) in [4.78, 5) is 7.28. The zero-order valence-electron chi connectivity index (χ0n) is 25.6. The predicted octanol–water partition coefficient (Wildman–Crippen LogP) is 13.4. The van der Waals surface area contributed by atoms with Gasteiger partial charge >= 0.3 is 0 Å². The van der Waals surface area contributed by atoms with Gasteiger partial charge in [-0.25, -0.2) is 4.98 Å². The lowest BCUT2D eigenvalue weighted by Crippen LogP contribution is -2.10. The van der Waals surface area contributed by atoms with Crippen molar-refractivity contribution in [1.82, 2.24) is 4.98 Å². The van der Waals surface area contributed by atoms with Crippen LogP contribution in [0.3, 0.4) is 0 Å². The van der Waals surface area contributed by atoms with Gasteiger partial charge in [-0.1, -0.05) is 84.9 Å². The fraction of sp³-hybridized carbons (Fsp3) is 0. The fourth-order valence-electron chi connectivity index (χ4n) is 6.83. The molecule has 0 saturated heterocycles. The SMILES string of the molecule is c1ccc(-c2ccc(N(c3ccc4sc5ccccc5c4c3)c3cccc4sc5cc6nc(-c7ccccc7)oc6cc5c34)cc2)cc1. The Morgan fingerprint density at radius 2 is 1.12 bits per heavy atom. The average molecular weight is 651 g/mol. The topological polar surface area (TPSA) is 29.3 Å². The largest absolute Gasteiger partial charge is 0.436 e. The summed E-state index contributed by atoms with van der Waals surface area (Å²) in [6.07, 6.45) is 0. The Morgan fingerprint density at radius 3 is 1.96 bits per heavy atom. The number of thiophene rings is 2. The highest BCUT2D eigenvalue weighted by atomic mass is 32.1. The molecular formula is C43H26N2OS2. The van der Waals surface area contributed by atoms with E-state index in [1.807, 2.05) is 41.7 Å². The predicted molar refractivity (Wildman–Crippen MR) is 205 cm³/mol. The second-order valence-electron chi connectivity index (χ2n) is 12.0. The number of fused-ring (bicyclic) bond motifs is 7. The van der Waals surface area contributed by atoms with Crippen molar-refractivity contribution in [1.29, 1.82) is 0 Å². The van der Waals surface area contributed by atoms with Crippen molar-refractivity contribution in [2.24, 2.45) is 0 Å². The molecule has 48 heavy (non-hydrogen) atoms. The molecule has 10 rings (SSSR count). The number of hydrogen-bond donors (Lipinski definition) is 0. The van der Waals surface area contributed by atoms with Crippen LogP contribution < -0.4 is 4.90 Å². The smallest absolute Gasteiger partial charge is 0.227 e. The molecule has 0 unspecified atom stereocenters. The van der Waals surface area contributed by atoms with E-state index in [4.69, 9.17) is 9.40 Å². The molecule has 3 aromatic heterocycles. The van der Waals surface area contributed by atoms with Crippen LogP contribution in [-0.4, -0.2) is 4.98 Å². The Bertz CT molecular complexity index is 2780. The molecule has 7 aromatic carbocycles. The summed E-state index contributed by atoms with van der Waals surface area (Å²) >= 11 is 3.65. The molecule has 3 nitrogen and oxygen atoms in total.